The van der Waals surface area contributed by atoms with Gasteiger partial charge in [-0.05, 0) is 50.3 Å². The first-order chi connectivity index (χ1) is 13.5. The van der Waals surface area contributed by atoms with E-state index in [1.807, 2.05) is 42.5 Å². The molecule has 1 amide bonds. The van der Waals surface area contributed by atoms with Crippen LogP contribution < -0.4 is 9.64 Å². The van der Waals surface area contributed by atoms with Gasteiger partial charge in [-0.25, -0.2) is 4.79 Å². The van der Waals surface area contributed by atoms with Crippen LogP contribution in [0.1, 0.15) is 19.4 Å². The third-order valence-electron chi connectivity index (χ3n) is 4.40. The number of hydrogen-bond acceptors (Lipinski definition) is 4. The second kappa shape index (κ2) is 8.44. The molecule has 5 nitrogen and oxygen atoms in total. The smallest absolute Gasteiger partial charge is 0.340 e. The highest BCUT2D eigenvalue weighted by Gasteiger charge is 2.38. The molecule has 2 aromatic carbocycles. The zero-order valence-electron chi connectivity index (χ0n) is 15.9. The average Bonchev–Trinajstić information content (AvgIpc) is 2.93. The molecule has 0 saturated heterocycles. The van der Waals surface area contributed by atoms with Crippen molar-refractivity contribution in [3.63, 3.8) is 0 Å². The molecule has 6 heteroatoms. The number of para-hydroxylation sites is 1. The van der Waals surface area contributed by atoms with E-state index in [-0.39, 0.29) is 23.7 Å². The number of carbonyl (C=O) groups excluding carboxylic acids is 2. The van der Waals surface area contributed by atoms with E-state index in [4.69, 9.17) is 9.47 Å². The van der Waals surface area contributed by atoms with Gasteiger partial charge in [-0.2, -0.15) is 0 Å². The Morgan fingerprint density at radius 1 is 1.14 bits per heavy atom. The summed E-state index contributed by atoms with van der Waals surface area (Å²) in [6.07, 6.45) is 1.68. The van der Waals surface area contributed by atoms with Crippen LogP contribution in [0.2, 0.25) is 0 Å². The molecule has 0 N–H and O–H groups in total. The maximum Gasteiger partial charge on any atom is 0.340 e. The van der Waals surface area contributed by atoms with Crippen molar-refractivity contribution in [2.75, 3.05) is 18.6 Å². The molecule has 28 heavy (non-hydrogen) atoms. The van der Waals surface area contributed by atoms with Crippen LogP contribution in [0.15, 0.2) is 69.8 Å². The molecular formula is C22H20BrNO4. The van der Waals surface area contributed by atoms with Gasteiger partial charge in [0.2, 0.25) is 0 Å². The summed E-state index contributed by atoms with van der Waals surface area (Å²) < 4.78 is 11.5. The van der Waals surface area contributed by atoms with Crippen molar-refractivity contribution in [3.05, 3.63) is 75.4 Å². The van der Waals surface area contributed by atoms with Crippen molar-refractivity contribution >= 4 is 39.6 Å². The SMILES string of the molecule is CCOC(=O)C1=C(C)N(c2ccc(Br)cc2)C(=O)/C1=C\c1ccccc1OC. The van der Waals surface area contributed by atoms with Gasteiger partial charge in [0, 0.05) is 21.4 Å². The lowest BCUT2D eigenvalue weighted by Gasteiger charge is -2.18. The number of nitrogens with zero attached hydrogens (tertiary/aromatic N) is 1. The number of hydrogen-bond donors (Lipinski definition) is 0. The maximum absolute atomic E-state index is 13.3. The highest BCUT2D eigenvalue weighted by atomic mass is 79.9. The van der Waals surface area contributed by atoms with Gasteiger partial charge in [0.15, 0.2) is 0 Å². The topological polar surface area (TPSA) is 55.8 Å². The van der Waals surface area contributed by atoms with Crippen LogP contribution in [0.4, 0.5) is 5.69 Å². The summed E-state index contributed by atoms with van der Waals surface area (Å²) >= 11 is 3.40. The highest BCUT2D eigenvalue weighted by molar-refractivity contribution is 9.10. The Bertz CT molecular complexity index is 976. The molecule has 0 aromatic heterocycles. The zero-order chi connectivity index (χ0) is 20.3. The number of halogens is 1. The number of benzene rings is 2. The fourth-order valence-electron chi connectivity index (χ4n) is 3.12. The Morgan fingerprint density at radius 2 is 1.82 bits per heavy atom. The summed E-state index contributed by atoms with van der Waals surface area (Å²) in [5.74, 6) is -0.186. The van der Waals surface area contributed by atoms with Crippen LogP contribution in [-0.4, -0.2) is 25.6 Å². The Labute approximate surface area is 172 Å². The van der Waals surface area contributed by atoms with Gasteiger partial charge in [0.25, 0.3) is 5.91 Å². The minimum absolute atomic E-state index is 0.226. The summed E-state index contributed by atoms with van der Waals surface area (Å²) in [6, 6.07) is 14.7. The van der Waals surface area contributed by atoms with Gasteiger partial charge in [-0.1, -0.05) is 34.1 Å². The molecular weight excluding hydrogens is 422 g/mol. The third kappa shape index (κ3) is 3.73. The molecule has 0 radical (unpaired) electrons. The van der Waals surface area contributed by atoms with Crippen molar-refractivity contribution in [2.24, 2.45) is 0 Å². The number of esters is 1. The van der Waals surface area contributed by atoms with Gasteiger partial charge >= 0.3 is 5.97 Å². The van der Waals surface area contributed by atoms with E-state index in [9.17, 15) is 9.59 Å². The summed E-state index contributed by atoms with van der Waals surface area (Å²) in [5.41, 5.74) is 2.47. The van der Waals surface area contributed by atoms with Crippen LogP contribution in [0.25, 0.3) is 6.08 Å². The fraction of sp³-hybridized carbons (Fsp3) is 0.182. The van der Waals surface area contributed by atoms with Crippen molar-refractivity contribution in [1.29, 1.82) is 0 Å². The number of rotatable bonds is 5. The molecule has 0 spiro atoms. The molecule has 0 atom stereocenters. The number of anilines is 1. The summed E-state index contributed by atoms with van der Waals surface area (Å²) in [6.45, 7) is 3.71. The predicted octanol–water partition coefficient (Wildman–Crippen LogP) is 4.73. The Balaban J connectivity index is 2.15. The number of carbonyl (C=O) groups is 2. The molecule has 144 valence electrons. The van der Waals surface area contributed by atoms with Crippen LogP contribution in [0, 0.1) is 0 Å². The molecule has 3 rings (SSSR count). The largest absolute Gasteiger partial charge is 0.496 e. The molecule has 1 heterocycles. The lowest BCUT2D eigenvalue weighted by molar-refractivity contribution is -0.138. The van der Waals surface area contributed by atoms with Crippen LogP contribution in [0.3, 0.4) is 0 Å². The van der Waals surface area contributed by atoms with E-state index in [1.54, 1.807) is 33.1 Å². The van der Waals surface area contributed by atoms with E-state index < -0.39 is 5.97 Å². The van der Waals surface area contributed by atoms with E-state index in [2.05, 4.69) is 15.9 Å². The summed E-state index contributed by atoms with van der Waals surface area (Å²) in [7, 11) is 1.56. The molecule has 2 aromatic rings. The van der Waals surface area contributed by atoms with Crippen LogP contribution in [-0.2, 0) is 14.3 Å². The first kappa shape index (κ1) is 19.9. The Kier molecular flexibility index (Phi) is 5.99. The minimum atomic E-state index is -0.519. The molecule has 0 fully saturated rings. The quantitative estimate of drug-likeness (QED) is 0.497. The van der Waals surface area contributed by atoms with Gasteiger partial charge in [0.1, 0.15) is 5.75 Å². The predicted molar refractivity (Wildman–Crippen MR) is 112 cm³/mol. The molecule has 0 bridgehead atoms. The monoisotopic (exact) mass is 441 g/mol. The van der Waals surface area contributed by atoms with E-state index in [0.717, 1.165) is 4.47 Å². The lowest BCUT2D eigenvalue weighted by atomic mass is 10.0. The number of amides is 1. The summed E-state index contributed by atoms with van der Waals surface area (Å²) in [4.78, 5) is 27.5. The van der Waals surface area contributed by atoms with E-state index >= 15 is 0 Å². The maximum atomic E-state index is 13.3. The first-order valence-electron chi connectivity index (χ1n) is 8.81. The lowest BCUT2D eigenvalue weighted by Crippen LogP contribution is -2.24. The van der Waals surface area contributed by atoms with Gasteiger partial charge in [-0.15, -0.1) is 0 Å². The third-order valence-corrected chi connectivity index (χ3v) is 4.93. The fourth-order valence-corrected chi connectivity index (χ4v) is 3.39. The Morgan fingerprint density at radius 3 is 2.46 bits per heavy atom. The van der Waals surface area contributed by atoms with E-state index in [0.29, 0.717) is 22.7 Å². The van der Waals surface area contributed by atoms with Gasteiger partial charge < -0.3 is 9.47 Å². The zero-order valence-corrected chi connectivity index (χ0v) is 17.4. The van der Waals surface area contributed by atoms with Crippen LogP contribution >= 0.6 is 15.9 Å². The van der Waals surface area contributed by atoms with Crippen molar-refractivity contribution in [3.8, 4) is 5.75 Å². The average molecular weight is 442 g/mol. The second-order valence-electron chi connectivity index (χ2n) is 6.10. The molecule has 1 aliphatic heterocycles. The number of methoxy groups -OCH3 is 1. The molecule has 0 saturated carbocycles. The van der Waals surface area contributed by atoms with Crippen molar-refractivity contribution in [1.82, 2.24) is 0 Å². The standard InChI is InChI=1S/C22H20BrNO4/c1-4-28-22(26)20-14(2)24(17-11-9-16(23)10-12-17)21(25)18(20)13-15-7-5-6-8-19(15)27-3/h5-13H,4H2,1-3H3/b18-13-. The summed E-state index contributed by atoms with van der Waals surface area (Å²) in [5, 5.41) is 0. The minimum Gasteiger partial charge on any atom is -0.496 e. The van der Waals surface area contributed by atoms with Crippen LogP contribution in [0.5, 0.6) is 5.75 Å². The highest BCUT2D eigenvalue weighted by Crippen LogP contribution is 2.36. The van der Waals surface area contributed by atoms with Crippen molar-refractivity contribution in [2.45, 2.75) is 13.8 Å². The van der Waals surface area contributed by atoms with Gasteiger partial charge in [-0.3, -0.25) is 9.69 Å². The normalized spacial score (nSPS) is 15.4. The van der Waals surface area contributed by atoms with Gasteiger partial charge in [0.05, 0.1) is 24.9 Å². The van der Waals surface area contributed by atoms with E-state index in [1.165, 1.54) is 4.90 Å². The molecule has 0 aliphatic carbocycles. The number of ether oxygens (including phenoxy) is 2. The molecule has 1 aliphatic rings. The second-order valence-corrected chi connectivity index (χ2v) is 7.01. The Hall–Kier alpha value is -2.86. The molecule has 0 unspecified atom stereocenters. The first-order valence-corrected chi connectivity index (χ1v) is 9.60. The van der Waals surface area contributed by atoms with Crippen molar-refractivity contribution < 1.29 is 19.1 Å². The number of allylic oxidation sites excluding steroid dienone is 1.